The summed E-state index contributed by atoms with van der Waals surface area (Å²) in [4.78, 5) is 15.8. The zero-order chi connectivity index (χ0) is 18.6. The molecule has 134 valence electrons. The zero-order valence-corrected chi connectivity index (χ0v) is 15.0. The van der Waals surface area contributed by atoms with Crippen LogP contribution in [0.2, 0.25) is 0 Å². The van der Waals surface area contributed by atoms with Gasteiger partial charge in [0.1, 0.15) is 6.61 Å². The van der Waals surface area contributed by atoms with Crippen molar-refractivity contribution in [2.75, 3.05) is 0 Å². The summed E-state index contributed by atoms with van der Waals surface area (Å²) in [5, 5.41) is 10.4. The molecule has 0 aliphatic carbocycles. The molecule has 0 atom stereocenters. The Morgan fingerprint density at radius 2 is 1.54 bits per heavy atom. The maximum atomic E-state index is 12.6. The summed E-state index contributed by atoms with van der Waals surface area (Å²) in [7, 11) is 0. The number of benzene rings is 2. The molecular weight excluding hydrogens is 326 g/mol. The number of aromatic nitrogens is 1. The molecule has 3 aromatic rings. The van der Waals surface area contributed by atoms with Gasteiger partial charge in [0, 0.05) is 18.2 Å². The van der Waals surface area contributed by atoms with E-state index in [1.54, 1.807) is 13.8 Å². The number of ether oxygens (including phenoxy) is 1. The molecule has 0 fully saturated rings. The van der Waals surface area contributed by atoms with Crippen molar-refractivity contribution in [2.24, 2.45) is 0 Å². The highest BCUT2D eigenvalue weighted by Crippen LogP contribution is 2.26. The van der Waals surface area contributed by atoms with E-state index < -0.39 is 5.60 Å². The van der Waals surface area contributed by atoms with Crippen LogP contribution in [0, 0.1) is 0 Å². The Hall–Kier alpha value is -2.85. The van der Waals surface area contributed by atoms with Crippen LogP contribution in [-0.4, -0.2) is 10.1 Å². The Morgan fingerprint density at radius 1 is 0.962 bits per heavy atom. The van der Waals surface area contributed by atoms with E-state index >= 15 is 0 Å². The SMILES string of the molecule is CC(C)(O)c1c(OCc2ccccc2)[nH]c(Cc2ccccc2)cc1=O. The van der Waals surface area contributed by atoms with Crippen molar-refractivity contribution in [3.63, 3.8) is 0 Å². The first-order chi connectivity index (χ1) is 12.4. The third-order valence-electron chi connectivity index (χ3n) is 4.13. The molecule has 2 N–H and O–H groups in total. The standard InChI is InChI=1S/C22H23NO3/c1-22(2,25)20-19(24)14-18(13-16-9-5-3-6-10-16)23-21(20)26-15-17-11-7-4-8-12-17/h3-12,14,25H,13,15H2,1-2H3,(H,23,24). The molecule has 0 saturated carbocycles. The Morgan fingerprint density at radius 3 is 2.12 bits per heavy atom. The van der Waals surface area contributed by atoms with Gasteiger partial charge in [-0.1, -0.05) is 60.7 Å². The number of hydrogen-bond donors (Lipinski definition) is 2. The molecule has 4 heteroatoms. The lowest BCUT2D eigenvalue weighted by atomic mass is 9.98. The Kier molecular flexibility index (Phi) is 5.24. The lowest BCUT2D eigenvalue weighted by Gasteiger charge is -2.21. The third-order valence-corrected chi connectivity index (χ3v) is 4.13. The fraction of sp³-hybridized carbons (Fsp3) is 0.227. The van der Waals surface area contributed by atoms with Crippen molar-refractivity contribution in [3.8, 4) is 5.88 Å². The van der Waals surface area contributed by atoms with Crippen LogP contribution in [-0.2, 0) is 18.6 Å². The zero-order valence-electron chi connectivity index (χ0n) is 15.0. The number of aliphatic hydroxyl groups is 1. The first-order valence-corrected chi connectivity index (χ1v) is 8.63. The third kappa shape index (κ3) is 4.41. The van der Waals surface area contributed by atoms with Crippen LogP contribution in [0.5, 0.6) is 5.88 Å². The van der Waals surface area contributed by atoms with Crippen LogP contribution in [0.4, 0.5) is 0 Å². The first-order valence-electron chi connectivity index (χ1n) is 8.63. The summed E-state index contributed by atoms with van der Waals surface area (Å²) in [6, 6.07) is 21.2. The highest BCUT2D eigenvalue weighted by molar-refractivity contribution is 5.35. The smallest absolute Gasteiger partial charge is 0.201 e. The second kappa shape index (κ2) is 7.58. The molecule has 2 aromatic carbocycles. The van der Waals surface area contributed by atoms with E-state index in [1.807, 2.05) is 60.7 Å². The van der Waals surface area contributed by atoms with Crippen LogP contribution >= 0.6 is 0 Å². The van der Waals surface area contributed by atoms with Gasteiger partial charge < -0.3 is 14.8 Å². The molecule has 4 nitrogen and oxygen atoms in total. The molecule has 3 rings (SSSR count). The molecule has 0 bridgehead atoms. The van der Waals surface area contributed by atoms with E-state index in [2.05, 4.69) is 4.98 Å². The monoisotopic (exact) mass is 349 g/mol. The van der Waals surface area contributed by atoms with Gasteiger partial charge in [-0.05, 0) is 25.0 Å². The molecule has 0 radical (unpaired) electrons. The van der Waals surface area contributed by atoms with E-state index in [0.29, 0.717) is 18.9 Å². The number of rotatable bonds is 6. The fourth-order valence-corrected chi connectivity index (χ4v) is 2.92. The highest BCUT2D eigenvalue weighted by atomic mass is 16.5. The van der Waals surface area contributed by atoms with Gasteiger partial charge in [0.25, 0.3) is 0 Å². The topological polar surface area (TPSA) is 62.3 Å². The summed E-state index contributed by atoms with van der Waals surface area (Å²) >= 11 is 0. The molecule has 26 heavy (non-hydrogen) atoms. The second-order valence-electron chi connectivity index (χ2n) is 6.86. The van der Waals surface area contributed by atoms with Crippen LogP contribution in [0.1, 0.15) is 36.2 Å². The molecule has 0 spiro atoms. The van der Waals surface area contributed by atoms with E-state index in [-0.39, 0.29) is 11.0 Å². The molecule has 0 amide bonds. The van der Waals surface area contributed by atoms with Gasteiger partial charge in [-0.2, -0.15) is 0 Å². The molecule has 0 saturated heterocycles. The number of nitrogens with one attached hydrogen (secondary N) is 1. The molecule has 0 aliphatic rings. The summed E-state index contributed by atoms with van der Waals surface area (Å²) < 4.78 is 5.89. The summed E-state index contributed by atoms with van der Waals surface area (Å²) in [6.45, 7) is 3.49. The van der Waals surface area contributed by atoms with Crippen molar-refractivity contribution in [1.82, 2.24) is 4.98 Å². The van der Waals surface area contributed by atoms with Crippen molar-refractivity contribution < 1.29 is 9.84 Å². The van der Waals surface area contributed by atoms with Gasteiger partial charge >= 0.3 is 0 Å². The average molecular weight is 349 g/mol. The summed E-state index contributed by atoms with van der Waals surface area (Å²) in [6.07, 6.45) is 0.587. The lowest BCUT2D eigenvalue weighted by Crippen LogP contribution is -2.27. The quantitative estimate of drug-likeness (QED) is 0.712. The molecule has 0 aliphatic heterocycles. The molecular formula is C22H23NO3. The second-order valence-corrected chi connectivity index (χ2v) is 6.86. The van der Waals surface area contributed by atoms with Crippen LogP contribution in [0.25, 0.3) is 0 Å². The summed E-state index contributed by atoms with van der Waals surface area (Å²) in [5.74, 6) is 0.319. The number of hydrogen-bond acceptors (Lipinski definition) is 3. The normalized spacial score (nSPS) is 11.3. The van der Waals surface area contributed by atoms with E-state index in [0.717, 1.165) is 16.8 Å². The predicted octanol–water partition coefficient (Wildman–Crippen LogP) is 3.77. The molecule has 1 aromatic heterocycles. The van der Waals surface area contributed by atoms with Crippen molar-refractivity contribution in [3.05, 3.63) is 99.3 Å². The lowest BCUT2D eigenvalue weighted by molar-refractivity contribution is 0.0722. The molecule has 0 unspecified atom stereocenters. The minimum Gasteiger partial charge on any atom is -0.474 e. The van der Waals surface area contributed by atoms with Gasteiger partial charge in [0.05, 0.1) is 11.2 Å². The van der Waals surface area contributed by atoms with Gasteiger partial charge in [-0.3, -0.25) is 4.79 Å². The minimum atomic E-state index is -1.30. The van der Waals surface area contributed by atoms with Crippen LogP contribution < -0.4 is 10.2 Å². The fourth-order valence-electron chi connectivity index (χ4n) is 2.92. The van der Waals surface area contributed by atoms with Gasteiger partial charge in [-0.25, -0.2) is 0 Å². The summed E-state index contributed by atoms with van der Waals surface area (Å²) in [5.41, 5.74) is 1.54. The minimum absolute atomic E-state index is 0.231. The van der Waals surface area contributed by atoms with E-state index in [9.17, 15) is 9.90 Å². The van der Waals surface area contributed by atoms with Gasteiger partial charge in [-0.15, -0.1) is 0 Å². The number of H-pyrrole nitrogens is 1. The van der Waals surface area contributed by atoms with E-state index in [4.69, 9.17) is 4.74 Å². The Labute approximate surface area is 153 Å². The van der Waals surface area contributed by atoms with Crippen molar-refractivity contribution in [2.45, 2.75) is 32.5 Å². The van der Waals surface area contributed by atoms with Crippen LogP contribution in [0.15, 0.2) is 71.5 Å². The Bertz CT molecular complexity index is 910. The van der Waals surface area contributed by atoms with Gasteiger partial charge in [0.15, 0.2) is 5.43 Å². The maximum absolute atomic E-state index is 12.6. The average Bonchev–Trinajstić information content (AvgIpc) is 2.60. The highest BCUT2D eigenvalue weighted by Gasteiger charge is 2.26. The number of pyridine rings is 1. The van der Waals surface area contributed by atoms with Crippen molar-refractivity contribution in [1.29, 1.82) is 0 Å². The first kappa shape index (κ1) is 18.0. The van der Waals surface area contributed by atoms with Gasteiger partial charge in [0.2, 0.25) is 5.88 Å². The van der Waals surface area contributed by atoms with Crippen LogP contribution in [0.3, 0.4) is 0 Å². The number of aromatic amines is 1. The largest absolute Gasteiger partial charge is 0.474 e. The maximum Gasteiger partial charge on any atom is 0.201 e. The Balaban J connectivity index is 1.94. The molecule has 1 heterocycles. The van der Waals surface area contributed by atoms with Crippen molar-refractivity contribution >= 4 is 0 Å². The van der Waals surface area contributed by atoms with E-state index in [1.165, 1.54) is 6.07 Å². The predicted molar refractivity (Wildman–Crippen MR) is 102 cm³/mol.